The molecule has 0 unspecified atom stereocenters. The third kappa shape index (κ3) is 3.87. The first-order valence-electron chi connectivity index (χ1n) is 10.5. The number of fused-ring (bicyclic) bond motifs is 3. The zero-order chi connectivity index (χ0) is 23.0. The number of aryl methyl sites for hydroxylation is 2. The number of hydrogen-bond donors (Lipinski definition) is 1. The van der Waals surface area contributed by atoms with Crippen LogP contribution in [-0.2, 0) is 16.4 Å². The molecule has 1 N–H and O–H groups in total. The minimum atomic E-state index is -3.74. The van der Waals surface area contributed by atoms with Crippen molar-refractivity contribution in [3.05, 3.63) is 84.2 Å². The van der Waals surface area contributed by atoms with Crippen molar-refractivity contribution in [3.8, 4) is 11.6 Å². The van der Waals surface area contributed by atoms with E-state index in [0.717, 1.165) is 16.9 Å². The predicted octanol–water partition coefficient (Wildman–Crippen LogP) is 4.74. The minimum absolute atomic E-state index is 0.227. The first-order valence-corrected chi connectivity index (χ1v) is 11.9. The first-order chi connectivity index (χ1) is 16.0. The Hall–Kier alpha value is -3.98. The van der Waals surface area contributed by atoms with Crippen molar-refractivity contribution in [2.24, 2.45) is 0 Å². The van der Waals surface area contributed by atoms with Gasteiger partial charge in [-0.2, -0.15) is 0 Å². The predicted molar refractivity (Wildman–Crippen MR) is 126 cm³/mol. The Kier molecular flexibility index (Phi) is 5.18. The van der Waals surface area contributed by atoms with Gasteiger partial charge in [0.15, 0.2) is 0 Å². The average Bonchev–Trinajstić information content (AvgIpc) is 3.24. The van der Waals surface area contributed by atoms with Crippen LogP contribution in [0, 0.1) is 6.92 Å². The molecule has 0 saturated carbocycles. The molecule has 0 bridgehead atoms. The second kappa shape index (κ2) is 8.18. The van der Waals surface area contributed by atoms with Crippen LogP contribution in [0.15, 0.2) is 77.7 Å². The lowest BCUT2D eigenvalue weighted by molar-refractivity contribution is 0.467. The molecule has 33 heavy (non-hydrogen) atoms. The smallest absolute Gasteiger partial charge is 0.266 e. The van der Waals surface area contributed by atoms with Gasteiger partial charge < -0.3 is 4.74 Å². The van der Waals surface area contributed by atoms with Gasteiger partial charge in [-0.15, -0.1) is 10.2 Å². The Morgan fingerprint density at radius 2 is 1.76 bits per heavy atom. The molecule has 8 nitrogen and oxygen atoms in total. The summed E-state index contributed by atoms with van der Waals surface area (Å²) in [7, 11) is -3.74. The van der Waals surface area contributed by atoms with Crippen LogP contribution >= 0.6 is 0 Å². The quantitative estimate of drug-likeness (QED) is 0.394. The molecular formula is C24H21N5O3S. The Bertz CT molecular complexity index is 1590. The van der Waals surface area contributed by atoms with Gasteiger partial charge in [0, 0.05) is 12.5 Å². The van der Waals surface area contributed by atoms with Gasteiger partial charge in [0.25, 0.3) is 15.9 Å². The number of rotatable bonds is 6. The summed E-state index contributed by atoms with van der Waals surface area (Å²) >= 11 is 0. The second-order valence-electron chi connectivity index (χ2n) is 7.54. The van der Waals surface area contributed by atoms with E-state index in [-0.39, 0.29) is 4.90 Å². The third-order valence-electron chi connectivity index (χ3n) is 5.27. The van der Waals surface area contributed by atoms with Crippen molar-refractivity contribution in [2.75, 3.05) is 4.72 Å². The van der Waals surface area contributed by atoms with Gasteiger partial charge >= 0.3 is 0 Å². The van der Waals surface area contributed by atoms with Crippen LogP contribution in [-0.4, -0.2) is 28.0 Å². The molecule has 5 aromatic rings. The highest BCUT2D eigenvalue weighted by molar-refractivity contribution is 7.92. The van der Waals surface area contributed by atoms with Crippen LogP contribution in [0.2, 0.25) is 0 Å². The van der Waals surface area contributed by atoms with Crippen molar-refractivity contribution in [2.45, 2.75) is 25.2 Å². The number of para-hydroxylation sites is 2. The van der Waals surface area contributed by atoms with Crippen molar-refractivity contribution in [1.82, 2.24) is 19.6 Å². The molecule has 0 aliphatic heterocycles. The van der Waals surface area contributed by atoms with E-state index in [9.17, 15) is 8.42 Å². The lowest BCUT2D eigenvalue weighted by atomic mass is 10.2. The Labute approximate surface area is 190 Å². The monoisotopic (exact) mass is 459 g/mol. The first kappa shape index (κ1) is 20.9. The summed E-state index contributed by atoms with van der Waals surface area (Å²) < 4.78 is 36.4. The Balaban J connectivity index is 1.52. The van der Waals surface area contributed by atoms with Gasteiger partial charge in [-0.05, 0) is 42.8 Å². The number of nitrogens with zero attached hydrogens (tertiary/aromatic N) is 4. The van der Waals surface area contributed by atoms with Crippen LogP contribution in [0.25, 0.3) is 16.7 Å². The van der Waals surface area contributed by atoms with Crippen LogP contribution in [0.1, 0.15) is 18.3 Å². The molecule has 0 amide bonds. The maximum absolute atomic E-state index is 12.9. The number of sulfonamides is 1. The van der Waals surface area contributed by atoms with Gasteiger partial charge in [-0.3, -0.25) is 9.12 Å². The van der Waals surface area contributed by atoms with Gasteiger partial charge in [0.2, 0.25) is 5.65 Å². The molecule has 0 spiro atoms. The highest BCUT2D eigenvalue weighted by Crippen LogP contribution is 2.29. The molecule has 166 valence electrons. The summed E-state index contributed by atoms with van der Waals surface area (Å²) in [5.74, 6) is 1.51. The highest BCUT2D eigenvalue weighted by atomic mass is 32.2. The topological polar surface area (TPSA) is 98.5 Å². The molecule has 0 aliphatic rings. The second-order valence-corrected chi connectivity index (χ2v) is 9.19. The molecule has 2 heterocycles. The molecule has 3 aromatic carbocycles. The fourth-order valence-corrected chi connectivity index (χ4v) is 5.01. The third-order valence-corrected chi connectivity index (χ3v) is 6.81. The van der Waals surface area contributed by atoms with E-state index >= 15 is 0 Å². The summed E-state index contributed by atoms with van der Waals surface area (Å²) in [6.45, 7) is 3.77. The van der Waals surface area contributed by atoms with E-state index in [4.69, 9.17) is 4.74 Å². The van der Waals surface area contributed by atoms with E-state index in [1.54, 1.807) is 55.5 Å². The van der Waals surface area contributed by atoms with Crippen molar-refractivity contribution in [1.29, 1.82) is 0 Å². The zero-order valence-electron chi connectivity index (χ0n) is 18.1. The van der Waals surface area contributed by atoms with Crippen LogP contribution in [0.4, 0.5) is 5.69 Å². The molecule has 0 aliphatic carbocycles. The minimum Gasteiger partial charge on any atom is -0.436 e. The van der Waals surface area contributed by atoms with E-state index in [0.29, 0.717) is 34.9 Å². The summed E-state index contributed by atoms with van der Waals surface area (Å²) in [4.78, 5) is 4.85. The molecular weight excluding hydrogens is 438 g/mol. The number of aromatic nitrogens is 4. The number of benzene rings is 3. The number of ether oxygens (including phenoxy) is 1. The molecule has 0 fully saturated rings. The number of hydrogen-bond acceptors (Lipinski definition) is 6. The SMILES string of the molecule is CCc1nnc2c(Oc3cccc(NS(=O)(=O)c4ccccc4C)c3)nc3ccccc3n12. The lowest BCUT2D eigenvalue weighted by Gasteiger charge is -2.12. The normalized spacial score (nSPS) is 11.7. The summed E-state index contributed by atoms with van der Waals surface area (Å²) in [6.07, 6.45) is 0.699. The van der Waals surface area contributed by atoms with Gasteiger partial charge in [0.05, 0.1) is 21.6 Å². The van der Waals surface area contributed by atoms with Gasteiger partial charge in [0.1, 0.15) is 11.6 Å². The van der Waals surface area contributed by atoms with Crippen molar-refractivity contribution >= 4 is 32.4 Å². The maximum Gasteiger partial charge on any atom is 0.266 e. The Morgan fingerprint density at radius 3 is 2.58 bits per heavy atom. The zero-order valence-corrected chi connectivity index (χ0v) is 18.9. The van der Waals surface area contributed by atoms with Crippen molar-refractivity contribution in [3.63, 3.8) is 0 Å². The average molecular weight is 460 g/mol. The van der Waals surface area contributed by atoms with E-state index in [1.807, 2.05) is 35.6 Å². The van der Waals surface area contributed by atoms with E-state index < -0.39 is 10.0 Å². The lowest BCUT2D eigenvalue weighted by Crippen LogP contribution is -2.14. The van der Waals surface area contributed by atoms with Gasteiger partial charge in [-0.1, -0.05) is 43.3 Å². The largest absolute Gasteiger partial charge is 0.436 e. The molecule has 0 radical (unpaired) electrons. The fraction of sp³-hybridized carbons (Fsp3) is 0.125. The summed E-state index contributed by atoms with van der Waals surface area (Å²) in [6, 6.07) is 21.2. The van der Waals surface area contributed by atoms with Gasteiger partial charge in [-0.25, -0.2) is 13.4 Å². The molecule has 2 aromatic heterocycles. The van der Waals surface area contributed by atoms with Crippen molar-refractivity contribution < 1.29 is 13.2 Å². The fourth-order valence-electron chi connectivity index (χ4n) is 3.72. The van der Waals surface area contributed by atoms with Crippen LogP contribution < -0.4 is 9.46 Å². The van der Waals surface area contributed by atoms with Crippen LogP contribution in [0.5, 0.6) is 11.6 Å². The number of nitrogens with one attached hydrogen (secondary N) is 1. The molecule has 5 rings (SSSR count). The van der Waals surface area contributed by atoms with E-state index in [2.05, 4.69) is 19.9 Å². The highest BCUT2D eigenvalue weighted by Gasteiger charge is 2.18. The Morgan fingerprint density at radius 1 is 0.970 bits per heavy atom. The molecule has 0 saturated heterocycles. The molecule has 0 atom stereocenters. The summed E-state index contributed by atoms with van der Waals surface area (Å²) in [5.41, 5.74) is 3.17. The number of anilines is 1. The van der Waals surface area contributed by atoms with E-state index in [1.165, 1.54) is 0 Å². The standard InChI is InChI=1S/C24H21N5O3S/c1-3-22-26-27-23-24(25-19-12-5-6-13-20(19)29(22)23)32-18-11-8-10-17(15-18)28-33(30,31)21-14-7-4-9-16(21)2/h4-15,28H,3H2,1-2H3. The van der Waals surface area contributed by atoms with Crippen LogP contribution in [0.3, 0.4) is 0 Å². The maximum atomic E-state index is 12.9. The molecule has 9 heteroatoms. The summed E-state index contributed by atoms with van der Waals surface area (Å²) in [5, 5.41) is 8.56.